The Balaban J connectivity index is 1.70. The van der Waals surface area contributed by atoms with E-state index in [1.54, 1.807) is 6.33 Å². The summed E-state index contributed by atoms with van der Waals surface area (Å²) in [6, 6.07) is 20.3. The number of methoxy groups -OCH3 is 1. The fourth-order valence-electron chi connectivity index (χ4n) is 3.04. The van der Waals surface area contributed by atoms with Crippen molar-refractivity contribution in [1.82, 2.24) is 9.55 Å². The zero-order valence-electron chi connectivity index (χ0n) is 14.4. The lowest BCUT2D eigenvalue weighted by Crippen LogP contribution is -2.02. The summed E-state index contributed by atoms with van der Waals surface area (Å²) in [7, 11) is 1.43. The van der Waals surface area contributed by atoms with Crippen molar-refractivity contribution in [2.24, 2.45) is 0 Å². The number of hydrogen-bond donors (Lipinski definition) is 0. The number of aromatic nitrogens is 2. The quantitative estimate of drug-likeness (QED) is 0.485. The molecule has 2 aromatic heterocycles. The molecule has 5 heteroatoms. The third-order valence-corrected chi connectivity index (χ3v) is 5.54. The van der Waals surface area contributed by atoms with Crippen LogP contribution in [0, 0.1) is 0 Å². The summed E-state index contributed by atoms with van der Waals surface area (Å²) in [5.41, 5.74) is 4.23. The van der Waals surface area contributed by atoms with Crippen LogP contribution in [0.1, 0.15) is 20.8 Å². The van der Waals surface area contributed by atoms with E-state index >= 15 is 0 Å². The van der Waals surface area contributed by atoms with Crippen molar-refractivity contribution < 1.29 is 9.53 Å². The van der Waals surface area contributed by atoms with Crippen molar-refractivity contribution in [3.8, 4) is 5.00 Å². The van der Waals surface area contributed by atoms with Crippen molar-refractivity contribution >= 4 is 28.3 Å². The van der Waals surface area contributed by atoms with Gasteiger partial charge in [-0.2, -0.15) is 0 Å². The van der Waals surface area contributed by atoms with Crippen molar-refractivity contribution in [3.63, 3.8) is 0 Å². The Bertz CT molecular complexity index is 1050. The number of benzene rings is 2. The fraction of sp³-hybridized carbons (Fsp3) is 0.143. The Morgan fingerprint density at radius 2 is 1.85 bits per heavy atom. The van der Waals surface area contributed by atoms with Crippen LogP contribution < -0.4 is 0 Å². The van der Waals surface area contributed by atoms with Gasteiger partial charge in [-0.25, -0.2) is 9.78 Å². The van der Waals surface area contributed by atoms with E-state index in [1.807, 2.05) is 47.0 Å². The number of nitrogens with zero attached hydrogens (tertiary/aromatic N) is 2. The third-order valence-electron chi connectivity index (χ3n) is 4.38. The molecule has 0 aliphatic rings. The van der Waals surface area contributed by atoms with Crippen LogP contribution in [0.5, 0.6) is 0 Å². The second-order valence-electron chi connectivity index (χ2n) is 6.02. The Morgan fingerprint density at radius 1 is 1.08 bits per heavy atom. The predicted octanol–water partition coefficient (Wildman–Crippen LogP) is 4.66. The van der Waals surface area contributed by atoms with Gasteiger partial charge in [-0.3, -0.25) is 4.57 Å². The maximum Gasteiger partial charge on any atom is 0.348 e. The number of aryl methyl sites for hydroxylation is 2. The monoisotopic (exact) mass is 362 g/mol. The van der Waals surface area contributed by atoms with Gasteiger partial charge in [0.15, 0.2) is 0 Å². The molecule has 2 aromatic carbocycles. The maximum absolute atomic E-state index is 12.3. The van der Waals surface area contributed by atoms with E-state index in [-0.39, 0.29) is 5.97 Å². The minimum atomic E-state index is -0.284. The minimum Gasteiger partial charge on any atom is -0.465 e. The van der Waals surface area contributed by atoms with Gasteiger partial charge in [-0.1, -0.05) is 42.5 Å². The van der Waals surface area contributed by atoms with Crippen LogP contribution in [0.4, 0.5) is 0 Å². The van der Waals surface area contributed by atoms with Gasteiger partial charge >= 0.3 is 5.97 Å². The molecule has 0 saturated carbocycles. The first-order chi connectivity index (χ1) is 12.8. The molecule has 4 rings (SSSR count). The molecule has 0 radical (unpaired) electrons. The van der Waals surface area contributed by atoms with Crippen LogP contribution in [0.2, 0.25) is 0 Å². The van der Waals surface area contributed by atoms with Crippen molar-refractivity contribution in [1.29, 1.82) is 0 Å². The first-order valence-corrected chi connectivity index (χ1v) is 9.25. The highest BCUT2D eigenvalue weighted by molar-refractivity contribution is 7.16. The molecule has 0 unspecified atom stereocenters. The number of para-hydroxylation sites is 2. The largest absolute Gasteiger partial charge is 0.465 e. The van der Waals surface area contributed by atoms with E-state index in [0.29, 0.717) is 4.88 Å². The van der Waals surface area contributed by atoms with E-state index in [1.165, 1.54) is 24.0 Å². The van der Waals surface area contributed by atoms with E-state index in [0.717, 1.165) is 34.4 Å². The highest BCUT2D eigenvalue weighted by Gasteiger charge is 2.18. The molecule has 0 amide bonds. The lowest BCUT2D eigenvalue weighted by Gasteiger charge is -2.02. The van der Waals surface area contributed by atoms with Crippen molar-refractivity contribution in [3.05, 3.63) is 83.0 Å². The summed E-state index contributed by atoms with van der Waals surface area (Å²) >= 11 is 1.45. The number of thiophene rings is 1. The van der Waals surface area contributed by atoms with Gasteiger partial charge in [0.05, 0.1) is 18.1 Å². The third kappa shape index (κ3) is 3.13. The lowest BCUT2D eigenvalue weighted by atomic mass is 10.1. The normalized spacial score (nSPS) is 11.0. The molecule has 4 nitrogen and oxygen atoms in total. The number of hydrogen-bond acceptors (Lipinski definition) is 4. The van der Waals surface area contributed by atoms with Gasteiger partial charge < -0.3 is 4.74 Å². The maximum atomic E-state index is 12.3. The zero-order valence-corrected chi connectivity index (χ0v) is 15.2. The molecule has 0 spiro atoms. The standard InChI is InChI=1S/C21H18N2O2S/c1-25-21(24)20-16(12-11-15-7-3-2-4-8-15)13-19(26-20)23-14-22-17-9-5-6-10-18(17)23/h2-10,13-14H,11-12H2,1H3. The fourth-order valence-corrected chi connectivity index (χ4v) is 4.16. The van der Waals surface area contributed by atoms with Gasteiger partial charge in [-0.05, 0) is 42.2 Å². The van der Waals surface area contributed by atoms with Gasteiger partial charge in [0.1, 0.15) is 16.2 Å². The summed E-state index contributed by atoms with van der Waals surface area (Å²) in [4.78, 5) is 17.4. The predicted molar refractivity (Wildman–Crippen MR) is 104 cm³/mol. The molecular formula is C21H18N2O2S. The van der Waals surface area contributed by atoms with E-state index < -0.39 is 0 Å². The molecular weight excluding hydrogens is 344 g/mol. The Labute approximate surface area is 155 Å². The molecule has 0 bridgehead atoms. The lowest BCUT2D eigenvalue weighted by molar-refractivity contribution is 0.0605. The summed E-state index contributed by atoms with van der Waals surface area (Å²) < 4.78 is 7.02. The molecule has 130 valence electrons. The zero-order chi connectivity index (χ0) is 17.9. The first-order valence-electron chi connectivity index (χ1n) is 8.43. The molecule has 4 aromatic rings. The average molecular weight is 362 g/mol. The van der Waals surface area contributed by atoms with Gasteiger partial charge in [0, 0.05) is 0 Å². The molecule has 2 heterocycles. The van der Waals surface area contributed by atoms with E-state index in [9.17, 15) is 4.79 Å². The van der Waals surface area contributed by atoms with Crippen LogP contribution in [0.3, 0.4) is 0 Å². The number of fused-ring (bicyclic) bond motifs is 1. The molecule has 0 aliphatic carbocycles. The van der Waals surface area contributed by atoms with E-state index in [4.69, 9.17) is 4.74 Å². The number of carbonyl (C=O) groups excluding carboxylic acids is 1. The summed E-state index contributed by atoms with van der Waals surface area (Å²) in [6.45, 7) is 0. The van der Waals surface area contributed by atoms with Gasteiger partial charge in [0.2, 0.25) is 0 Å². The van der Waals surface area contributed by atoms with Crippen LogP contribution >= 0.6 is 11.3 Å². The number of carbonyl (C=O) groups is 1. The number of ether oxygens (including phenoxy) is 1. The van der Waals surface area contributed by atoms with Crippen LogP contribution in [-0.4, -0.2) is 22.6 Å². The van der Waals surface area contributed by atoms with Crippen molar-refractivity contribution in [2.75, 3.05) is 7.11 Å². The Morgan fingerprint density at radius 3 is 2.65 bits per heavy atom. The van der Waals surface area contributed by atoms with Gasteiger partial charge in [0.25, 0.3) is 0 Å². The van der Waals surface area contributed by atoms with Crippen LogP contribution in [-0.2, 0) is 17.6 Å². The molecule has 0 aliphatic heterocycles. The molecule has 26 heavy (non-hydrogen) atoms. The minimum absolute atomic E-state index is 0.284. The van der Waals surface area contributed by atoms with E-state index in [2.05, 4.69) is 23.2 Å². The number of imidazole rings is 1. The second-order valence-corrected chi connectivity index (χ2v) is 7.05. The smallest absolute Gasteiger partial charge is 0.348 e. The number of rotatable bonds is 5. The van der Waals surface area contributed by atoms with Crippen molar-refractivity contribution in [2.45, 2.75) is 12.8 Å². The first kappa shape index (κ1) is 16.5. The molecule has 0 fully saturated rings. The summed E-state index contributed by atoms with van der Waals surface area (Å²) in [6.07, 6.45) is 3.47. The highest BCUT2D eigenvalue weighted by Crippen LogP contribution is 2.30. The highest BCUT2D eigenvalue weighted by atomic mass is 32.1. The second kappa shape index (κ2) is 7.14. The molecule has 0 saturated heterocycles. The van der Waals surface area contributed by atoms with Gasteiger partial charge in [-0.15, -0.1) is 11.3 Å². The summed E-state index contributed by atoms with van der Waals surface area (Å²) in [5.74, 6) is -0.284. The molecule has 0 atom stereocenters. The van der Waals surface area contributed by atoms with Crippen LogP contribution in [0.25, 0.3) is 16.0 Å². The Kier molecular flexibility index (Phi) is 4.54. The van der Waals surface area contributed by atoms with Crippen LogP contribution in [0.15, 0.2) is 67.0 Å². The average Bonchev–Trinajstić information content (AvgIpc) is 3.30. The number of esters is 1. The SMILES string of the molecule is COC(=O)c1sc(-n2cnc3ccccc32)cc1CCc1ccccc1. The Hall–Kier alpha value is -2.92. The topological polar surface area (TPSA) is 44.1 Å². The summed E-state index contributed by atoms with van der Waals surface area (Å²) in [5, 5.41) is 0.974. The molecule has 0 N–H and O–H groups in total.